The maximum Gasteiger partial charge on any atom is 0.306 e. The average Bonchev–Trinajstić information content (AvgIpc) is 3.31. The van der Waals surface area contributed by atoms with E-state index in [2.05, 4.69) is 87.6 Å². The number of allylic oxidation sites excluding steroid dienone is 12. The second-order valence-electron chi connectivity index (χ2n) is 18.5. The lowest BCUT2D eigenvalue weighted by Crippen LogP contribution is -2.30. The third kappa shape index (κ3) is 51.8. The molecular formula is C60H104O6. The van der Waals surface area contributed by atoms with Crippen molar-refractivity contribution in [1.29, 1.82) is 0 Å². The lowest BCUT2D eigenvalue weighted by atomic mass is 10.0. The molecule has 0 unspecified atom stereocenters. The Morgan fingerprint density at radius 2 is 0.591 bits per heavy atom. The fraction of sp³-hybridized carbons (Fsp3) is 0.750. The van der Waals surface area contributed by atoms with Crippen LogP contribution in [0.5, 0.6) is 0 Å². The molecule has 0 N–H and O–H groups in total. The van der Waals surface area contributed by atoms with Crippen molar-refractivity contribution in [2.75, 3.05) is 13.2 Å². The highest BCUT2D eigenvalue weighted by atomic mass is 16.6. The van der Waals surface area contributed by atoms with Crippen molar-refractivity contribution < 1.29 is 28.6 Å². The summed E-state index contributed by atoms with van der Waals surface area (Å²) in [6.07, 6.45) is 69.0. The van der Waals surface area contributed by atoms with Gasteiger partial charge in [0, 0.05) is 19.3 Å². The van der Waals surface area contributed by atoms with Crippen LogP contribution in [-0.4, -0.2) is 37.2 Å². The van der Waals surface area contributed by atoms with Crippen LogP contribution < -0.4 is 0 Å². The number of esters is 3. The van der Waals surface area contributed by atoms with Crippen LogP contribution in [-0.2, 0) is 28.6 Å². The van der Waals surface area contributed by atoms with Crippen LogP contribution in [0.3, 0.4) is 0 Å². The Hall–Kier alpha value is -3.15. The Morgan fingerprint density at radius 1 is 0.318 bits per heavy atom. The normalized spacial score (nSPS) is 12.6. The molecule has 0 aliphatic carbocycles. The molecule has 6 heteroatoms. The summed E-state index contributed by atoms with van der Waals surface area (Å²) in [5, 5.41) is 0. The number of rotatable bonds is 50. The molecule has 0 bridgehead atoms. The molecule has 0 saturated heterocycles. The first kappa shape index (κ1) is 62.8. The molecule has 0 saturated carbocycles. The maximum atomic E-state index is 12.8. The summed E-state index contributed by atoms with van der Waals surface area (Å²) in [7, 11) is 0. The van der Waals surface area contributed by atoms with Gasteiger partial charge < -0.3 is 14.2 Å². The van der Waals surface area contributed by atoms with E-state index in [1.807, 2.05) is 6.08 Å². The van der Waals surface area contributed by atoms with Gasteiger partial charge in [-0.25, -0.2) is 0 Å². The first-order valence-corrected chi connectivity index (χ1v) is 27.9. The molecule has 6 nitrogen and oxygen atoms in total. The Labute approximate surface area is 408 Å². The van der Waals surface area contributed by atoms with Gasteiger partial charge in [-0.2, -0.15) is 0 Å². The van der Waals surface area contributed by atoms with Crippen LogP contribution in [0.25, 0.3) is 0 Å². The average molecular weight is 921 g/mol. The van der Waals surface area contributed by atoms with Crippen LogP contribution in [0.4, 0.5) is 0 Å². The molecule has 0 aliphatic heterocycles. The predicted molar refractivity (Wildman–Crippen MR) is 284 cm³/mol. The standard InChI is InChI=1S/C60H104O6/c1-4-7-10-13-16-19-22-25-27-29-30-32-34-36-39-42-45-48-51-54-60(63)66-57(55-64-58(61)52-49-46-43-40-37-24-21-18-15-12-9-6-3)56-65-59(62)53-50-47-44-41-38-35-33-31-28-26-23-20-17-14-11-8-5-2/h7,10,16,19,25,27,30,32,36,39,45,48,57H,4-6,8-9,11-15,17-18,20-24,26,28-29,31,33-35,37-38,40-44,46-47,49-56H2,1-3H3/b10-7-,19-16-,27-25-,32-30-,39-36-,48-45-/t57-/m0/s1. The van der Waals surface area contributed by atoms with Crippen molar-refractivity contribution in [1.82, 2.24) is 0 Å². The van der Waals surface area contributed by atoms with Crippen molar-refractivity contribution in [2.45, 2.75) is 277 Å². The summed E-state index contributed by atoms with van der Waals surface area (Å²) in [4.78, 5) is 38.0. The van der Waals surface area contributed by atoms with Gasteiger partial charge in [0.15, 0.2) is 6.10 Å². The largest absolute Gasteiger partial charge is 0.462 e. The minimum absolute atomic E-state index is 0.102. The molecule has 0 heterocycles. The summed E-state index contributed by atoms with van der Waals surface area (Å²) < 4.78 is 16.8. The molecule has 0 aliphatic rings. The predicted octanol–water partition coefficient (Wildman–Crippen LogP) is 18.6. The number of hydrogen-bond acceptors (Lipinski definition) is 6. The van der Waals surface area contributed by atoms with Crippen molar-refractivity contribution in [3.8, 4) is 0 Å². The van der Waals surface area contributed by atoms with Crippen molar-refractivity contribution in [3.05, 3.63) is 72.9 Å². The summed E-state index contributed by atoms with van der Waals surface area (Å²) in [5.74, 6) is -0.977. The van der Waals surface area contributed by atoms with E-state index < -0.39 is 6.10 Å². The zero-order valence-corrected chi connectivity index (χ0v) is 43.4. The number of unbranched alkanes of at least 4 members (excludes halogenated alkanes) is 27. The number of hydrogen-bond donors (Lipinski definition) is 0. The van der Waals surface area contributed by atoms with E-state index in [1.54, 1.807) is 0 Å². The van der Waals surface area contributed by atoms with Gasteiger partial charge in [-0.05, 0) is 57.8 Å². The molecule has 0 amide bonds. The quantitative estimate of drug-likeness (QED) is 0.0262. The van der Waals surface area contributed by atoms with E-state index in [0.29, 0.717) is 19.3 Å². The number of carbonyl (C=O) groups excluding carboxylic acids is 3. The molecule has 66 heavy (non-hydrogen) atoms. The number of carbonyl (C=O) groups is 3. The molecule has 380 valence electrons. The van der Waals surface area contributed by atoms with Gasteiger partial charge in [-0.15, -0.1) is 0 Å². The molecule has 0 rings (SSSR count). The van der Waals surface area contributed by atoms with Crippen LogP contribution in [0, 0.1) is 0 Å². The van der Waals surface area contributed by atoms with Crippen molar-refractivity contribution in [2.24, 2.45) is 0 Å². The van der Waals surface area contributed by atoms with Gasteiger partial charge in [0.25, 0.3) is 0 Å². The van der Waals surface area contributed by atoms with E-state index in [1.165, 1.54) is 148 Å². The highest BCUT2D eigenvalue weighted by molar-refractivity contribution is 5.71. The molecular weight excluding hydrogens is 817 g/mol. The monoisotopic (exact) mass is 921 g/mol. The van der Waals surface area contributed by atoms with E-state index in [9.17, 15) is 14.4 Å². The van der Waals surface area contributed by atoms with Crippen LogP contribution in [0.15, 0.2) is 72.9 Å². The van der Waals surface area contributed by atoms with E-state index in [4.69, 9.17) is 14.2 Å². The maximum absolute atomic E-state index is 12.8. The topological polar surface area (TPSA) is 78.9 Å². The van der Waals surface area contributed by atoms with E-state index in [0.717, 1.165) is 77.0 Å². The lowest BCUT2D eigenvalue weighted by molar-refractivity contribution is -0.166. The highest BCUT2D eigenvalue weighted by Gasteiger charge is 2.19. The van der Waals surface area contributed by atoms with Gasteiger partial charge in [0.1, 0.15) is 13.2 Å². The van der Waals surface area contributed by atoms with Crippen molar-refractivity contribution in [3.63, 3.8) is 0 Å². The summed E-state index contributed by atoms with van der Waals surface area (Å²) in [6, 6.07) is 0. The Bertz CT molecular complexity index is 1240. The number of ether oxygens (including phenoxy) is 3. The SMILES string of the molecule is CC/C=C\C/C=C\C/C=C\C/C=C\C/C=C\C/C=C\CCC(=O)O[C@@H](COC(=O)CCCCCCCCCCCCCC)COC(=O)CCCCCCCCCCCCCCCCCCC. The first-order chi connectivity index (χ1) is 32.5. The molecule has 0 fully saturated rings. The van der Waals surface area contributed by atoms with Gasteiger partial charge in [-0.1, -0.05) is 267 Å². The molecule has 0 aromatic rings. The van der Waals surface area contributed by atoms with Gasteiger partial charge in [0.2, 0.25) is 0 Å². The lowest BCUT2D eigenvalue weighted by Gasteiger charge is -2.18. The Morgan fingerprint density at radius 3 is 0.894 bits per heavy atom. The second-order valence-corrected chi connectivity index (χ2v) is 18.5. The third-order valence-electron chi connectivity index (χ3n) is 12.0. The fourth-order valence-electron chi connectivity index (χ4n) is 7.82. The Kier molecular flexibility index (Phi) is 51.9. The van der Waals surface area contributed by atoms with Crippen LogP contribution >= 0.6 is 0 Å². The smallest absolute Gasteiger partial charge is 0.306 e. The van der Waals surface area contributed by atoms with Gasteiger partial charge >= 0.3 is 17.9 Å². The first-order valence-electron chi connectivity index (χ1n) is 27.9. The van der Waals surface area contributed by atoms with Gasteiger partial charge in [0.05, 0.1) is 0 Å². The second kappa shape index (κ2) is 54.5. The highest BCUT2D eigenvalue weighted by Crippen LogP contribution is 2.16. The van der Waals surface area contributed by atoms with Crippen LogP contribution in [0.1, 0.15) is 271 Å². The van der Waals surface area contributed by atoms with E-state index in [-0.39, 0.29) is 37.5 Å². The third-order valence-corrected chi connectivity index (χ3v) is 12.0. The Balaban J connectivity index is 4.46. The minimum atomic E-state index is -0.812. The van der Waals surface area contributed by atoms with Crippen LogP contribution in [0.2, 0.25) is 0 Å². The molecule has 0 radical (unpaired) electrons. The molecule has 0 aromatic heterocycles. The zero-order chi connectivity index (χ0) is 47.9. The van der Waals surface area contributed by atoms with Crippen molar-refractivity contribution >= 4 is 17.9 Å². The molecule has 0 spiro atoms. The molecule has 1 atom stereocenters. The van der Waals surface area contributed by atoms with Gasteiger partial charge in [-0.3, -0.25) is 14.4 Å². The summed E-state index contributed by atoms with van der Waals surface area (Å²) >= 11 is 0. The summed E-state index contributed by atoms with van der Waals surface area (Å²) in [5.41, 5.74) is 0. The minimum Gasteiger partial charge on any atom is -0.462 e. The summed E-state index contributed by atoms with van der Waals surface area (Å²) in [6.45, 7) is 6.48. The molecule has 0 aromatic carbocycles. The zero-order valence-electron chi connectivity index (χ0n) is 43.4. The van der Waals surface area contributed by atoms with E-state index >= 15 is 0 Å². The fourth-order valence-corrected chi connectivity index (χ4v) is 7.82.